The monoisotopic (exact) mass is 271 g/mol. The van der Waals surface area contributed by atoms with E-state index in [2.05, 4.69) is 41.2 Å². The molecule has 4 heteroatoms. The standard InChI is InChI=1S/C16H21N3O/c1-11-10-20-16(18-11)14-5-3-13(4-6-14)15-7-12(8-17)9-19(15)2/h3-6,10,12,15H,7-9,17H2,1-2H3. The third kappa shape index (κ3) is 2.49. The normalized spacial score (nSPS) is 23.4. The molecule has 1 saturated heterocycles. The lowest BCUT2D eigenvalue weighted by molar-refractivity contribution is 0.313. The Morgan fingerprint density at radius 2 is 2.10 bits per heavy atom. The lowest BCUT2D eigenvalue weighted by Gasteiger charge is -2.19. The average molecular weight is 271 g/mol. The van der Waals surface area contributed by atoms with Crippen molar-refractivity contribution in [2.75, 3.05) is 20.1 Å². The second-order valence-electron chi connectivity index (χ2n) is 5.71. The molecule has 4 nitrogen and oxygen atoms in total. The second-order valence-corrected chi connectivity index (χ2v) is 5.71. The van der Waals surface area contributed by atoms with Gasteiger partial charge in [0.2, 0.25) is 5.89 Å². The van der Waals surface area contributed by atoms with Crippen molar-refractivity contribution in [3.05, 3.63) is 41.8 Å². The van der Waals surface area contributed by atoms with Crippen LogP contribution in [0, 0.1) is 12.8 Å². The van der Waals surface area contributed by atoms with E-state index in [4.69, 9.17) is 10.2 Å². The summed E-state index contributed by atoms with van der Waals surface area (Å²) in [6.07, 6.45) is 2.82. The number of benzene rings is 1. The molecule has 0 bridgehead atoms. The van der Waals surface area contributed by atoms with Gasteiger partial charge in [0.15, 0.2) is 0 Å². The van der Waals surface area contributed by atoms with Crippen molar-refractivity contribution in [2.45, 2.75) is 19.4 Å². The van der Waals surface area contributed by atoms with Gasteiger partial charge in [0.1, 0.15) is 6.26 Å². The topological polar surface area (TPSA) is 55.3 Å². The average Bonchev–Trinajstić information content (AvgIpc) is 3.05. The molecule has 2 heterocycles. The van der Waals surface area contributed by atoms with Gasteiger partial charge in [-0.2, -0.15) is 0 Å². The van der Waals surface area contributed by atoms with Crippen LogP contribution in [0.3, 0.4) is 0 Å². The highest BCUT2D eigenvalue weighted by Gasteiger charge is 2.29. The molecule has 106 valence electrons. The first kappa shape index (κ1) is 13.3. The van der Waals surface area contributed by atoms with Gasteiger partial charge in [0.05, 0.1) is 5.69 Å². The number of hydrogen-bond acceptors (Lipinski definition) is 4. The van der Waals surface area contributed by atoms with Crippen LogP contribution < -0.4 is 5.73 Å². The van der Waals surface area contributed by atoms with Gasteiger partial charge >= 0.3 is 0 Å². The predicted octanol–water partition coefficient (Wildman–Crippen LogP) is 2.60. The van der Waals surface area contributed by atoms with E-state index in [0.29, 0.717) is 17.9 Å². The van der Waals surface area contributed by atoms with Gasteiger partial charge < -0.3 is 10.2 Å². The van der Waals surface area contributed by atoms with Crippen LogP contribution in [0.2, 0.25) is 0 Å². The number of aryl methyl sites for hydroxylation is 1. The van der Waals surface area contributed by atoms with Crippen molar-refractivity contribution in [3.63, 3.8) is 0 Å². The number of aromatic nitrogens is 1. The number of oxazole rings is 1. The van der Waals surface area contributed by atoms with Gasteiger partial charge in [0, 0.05) is 18.2 Å². The molecular formula is C16H21N3O. The van der Waals surface area contributed by atoms with E-state index >= 15 is 0 Å². The summed E-state index contributed by atoms with van der Waals surface area (Å²) >= 11 is 0. The zero-order valence-corrected chi connectivity index (χ0v) is 12.0. The first-order valence-corrected chi connectivity index (χ1v) is 7.10. The van der Waals surface area contributed by atoms with Gasteiger partial charge in [-0.05, 0) is 50.6 Å². The maximum absolute atomic E-state index is 5.79. The molecule has 20 heavy (non-hydrogen) atoms. The Hall–Kier alpha value is -1.65. The maximum Gasteiger partial charge on any atom is 0.226 e. The fourth-order valence-corrected chi connectivity index (χ4v) is 3.00. The zero-order chi connectivity index (χ0) is 14.1. The van der Waals surface area contributed by atoms with Crippen molar-refractivity contribution < 1.29 is 4.42 Å². The van der Waals surface area contributed by atoms with Gasteiger partial charge in [-0.3, -0.25) is 4.90 Å². The summed E-state index contributed by atoms with van der Waals surface area (Å²) in [6, 6.07) is 9.00. The van der Waals surface area contributed by atoms with E-state index in [1.807, 2.05) is 6.92 Å². The fourth-order valence-electron chi connectivity index (χ4n) is 3.00. The lowest BCUT2D eigenvalue weighted by Crippen LogP contribution is -2.20. The molecule has 0 saturated carbocycles. The zero-order valence-electron chi connectivity index (χ0n) is 12.0. The molecule has 1 aliphatic rings. The molecule has 1 aliphatic heterocycles. The SMILES string of the molecule is Cc1coc(-c2ccc(C3CC(CN)CN3C)cc2)n1. The highest BCUT2D eigenvalue weighted by molar-refractivity contribution is 5.54. The van der Waals surface area contributed by atoms with E-state index in [-0.39, 0.29) is 0 Å². The smallest absolute Gasteiger partial charge is 0.226 e. The molecule has 0 radical (unpaired) electrons. The van der Waals surface area contributed by atoms with Crippen molar-refractivity contribution >= 4 is 0 Å². The third-order valence-corrected chi connectivity index (χ3v) is 4.13. The fraction of sp³-hybridized carbons (Fsp3) is 0.438. The van der Waals surface area contributed by atoms with Crippen LogP contribution in [0.25, 0.3) is 11.5 Å². The summed E-state index contributed by atoms with van der Waals surface area (Å²) in [4.78, 5) is 6.75. The molecule has 1 aromatic heterocycles. The Kier molecular flexibility index (Phi) is 3.59. The van der Waals surface area contributed by atoms with E-state index in [1.54, 1.807) is 6.26 Å². The molecule has 1 fully saturated rings. The molecular weight excluding hydrogens is 250 g/mol. The van der Waals surface area contributed by atoms with E-state index < -0.39 is 0 Å². The number of likely N-dealkylation sites (tertiary alicyclic amines) is 1. The third-order valence-electron chi connectivity index (χ3n) is 4.13. The summed E-state index contributed by atoms with van der Waals surface area (Å²) in [5, 5.41) is 0. The van der Waals surface area contributed by atoms with E-state index in [0.717, 1.165) is 30.8 Å². The molecule has 0 spiro atoms. The first-order chi connectivity index (χ1) is 9.67. The van der Waals surface area contributed by atoms with Crippen molar-refractivity contribution in [1.82, 2.24) is 9.88 Å². The molecule has 2 unspecified atom stereocenters. The second kappa shape index (κ2) is 5.38. The highest BCUT2D eigenvalue weighted by atomic mass is 16.3. The Morgan fingerprint density at radius 3 is 2.65 bits per heavy atom. The summed E-state index contributed by atoms with van der Waals surface area (Å²) < 4.78 is 5.43. The molecule has 0 aliphatic carbocycles. The van der Waals surface area contributed by atoms with Crippen LogP contribution in [0.4, 0.5) is 0 Å². The highest BCUT2D eigenvalue weighted by Crippen LogP contribution is 2.34. The van der Waals surface area contributed by atoms with Crippen LogP contribution in [0.1, 0.15) is 23.7 Å². The molecule has 2 aromatic rings. The summed E-state index contributed by atoms with van der Waals surface area (Å²) in [7, 11) is 2.17. The van der Waals surface area contributed by atoms with Gasteiger partial charge in [-0.25, -0.2) is 4.98 Å². The number of hydrogen-bond donors (Lipinski definition) is 1. The van der Waals surface area contributed by atoms with Crippen LogP contribution in [0.5, 0.6) is 0 Å². The van der Waals surface area contributed by atoms with Crippen LogP contribution in [-0.2, 0) is 0 Å². The molecule has 0 amide bonds. The van der Waals surface area contributed by atoms with Gasteiger partial charge in [-0.1, -0.05) is 12.1 Å². The van der Waals surface area contributed by atoms with Gasteiger partial charge in [0.25, 0.3) is 0 Å². The molecule has 2 atom stereocenters. The lowest BCUT2D eigenvalue weighted by atomic mass is 9.99. The maximum atomic E-state index is 5.79. The summed E-state index contributed by atoms with van der Waals surface area (Å²) in [5.41, 5.74) is 9.07. The molecule has 1 aromatic carbocycles. The minimum absolute atomic E-state index is 0.476. The Balaban J connectivity index is 1.79. The van der Waals surface area contributed by atoms with Crippen LogP contribution in [-0.4, -0.2) is 30.0 Å². The van der Waals surface area contributed by atoms with E-state index in [1.165, 1.54) is 5.56 Å². The Morgan fingerprint density at radius 1 is 1.35 bits per heavy atom. The first-order valence-electron chi connectivity index (χ1n) is 7.10. The molecule has 3 rings (SSSR count). The quantitative estimate of drug-likeness (QED) is 0.932. The Labute approximate surface area is 119 Å². The van der Waals surface area contributed by atoms with Crippen LogP contribution in [0.15, 0.2) is 34.9 Å². The van der Waals surface area contributed by atoms with Gasteiger partial charge in [-0.15, -0.1) is 0 Å². The molecule has 2 N–H and O–H groups in total. The number of rotatable bonds is 3. The predicted molar refractivity (Wildman–Crippen MR) is 79.2 cm³/mol. The summed E-state index contributed by atoms with van der Waals surface area (Å²) in [5.74, 6) is 1.30. The van der Waals surface area contributed by atoms with E-state index in [9.17, 15) is 0 Å². The number of nitrogens with zero attached hydrogens (tertiary/aromatic N) is 2. The largest absolute Gasteiger partial charge is 0.444 e. The number of nitrogens with two attached hydrogens (primary N) is 1. The minimum atomic E-state index is 0.476. The van der Waals surface area contributed by atoms with Crippen molar-refractivity contribution in [3.8, 4) is 11.5 Å². The minimum Gasteiger partial charge on any atom is -0.444 e. The van der Waals surface area contributed by atoms with Crippen molar-refractivity contribution in [2.24, 2.45) is 11.7 Å². The Bertz CT molecular complexity index is 576. The summed E-state index contributed by atoms with van der Waals surface area (Å²) in [6.45, 7) is 3.79. The van der Waals surface area contributed by atoms with Crippen molar-refractivity contribution in [1.29, 1.82) is 0 Å². The van der Waals surface area contributed by atoms with Crippen LogP contribution >= 0.6 is 0 Å².